The van der Waals surface area contributed by atoms with Crippen molar-refractivity contribution < 1.29 is 5.11 Å². The first-order valence-corrected chi connectivity index (χ1v) is 6.44. The van der Waals surface area contributed by atoms with Crippen LogP contribution in [0, 0.1) is 27.7 Å². The summed E-state index contributed by atoms with van der Waals surface area (Å²) in [5.74, 6) is 0.621. The Morgan fingerprint density at radius 3 is 2.32 bits per heavy atom. The number of nitrogens with one attached hydrogen (secondary N) is 1. The van der Waals surface area contributed by atoms with E-state index in [0.717, 1.165) is 5.69 Å². The Hall–Kier alpha value is -1.65. The molecule has 0 saturated heterocycles. The third-order valence-corrected chi connectivity index (χ3v) is 3.78. The third-order valence-electron chi connectivity index (χ3n) is 3.78. The molecule has 0 aliphatic heterocycles. The summed E-state index contributed by atoms with van der Waals surface area (Å²) in [6, 6.07) is 1.74. The van der Waals surface area contributed by atoms with Gasteiger partial charge in [0.15, 0.2) is 0 Å². The zero-order valence-corrected chi connectivity index (χ0v) is 11.9. The van der Waals surface area contributed by atoms with Crippen LogP contribution in [0.15, 0.2) is 12.3 Å². The van der Waals surface area contributed by atoms with Crippen LogP contribution < -0.4 is 5.73 Å². The van der Waals surface area contributed by atoms with E-state index >= 15 is 0 Å². The maximum Gasteiger partial charge on any atom is 0.125 e. The molecule has 1 aromatic heterocycles. The minimum atomic E-state index is -0.458. The number of aromatic amines is 1. The van der Waals surface area contributed by atoms with Gasteiger partial charge < -0.3 is 15.8 Å². The molecule has 0 aliphatic rings. The normalized spacial score (nSPS) is 12.7. The molecule has 4 nitrogen and oxygen atoms in total. The van der Waals surface area contributed by atoms with E-state index in [-0.39, 0.29) is 6.61 Å². The number of H-pyrrole nitrogens is 1. The number of hydrogen-bond donors (Lipinski definition) is 3. The Balaban J connectivity index is 2.56. The summed E-state index contributed by atoms with van der Waals surface area (Å²) in [5, 5.41) is 9.08. The number of aliphatic hydroxyl groups is 1. The summed E-state index contributed by atoms with van der Waals surface area (Å²) in [6.07, 6.45) is 1.79. The molecule has 1 aromatic carbocycles. The molecule has 1 atom stereocenters. The topological polar surface area (TPSA) is 74.9 Å². The second-order valence-corrected chi connectivity index (χ2v) is 5.11. The molecule has 19 heavy (non-hydrogen) atoms. The monoisotopic (exact) mass is 259 g/mol. The molecule has 2 aromatic rings. The first-order chi connectivity index (χ1) is 8.95. The summed E-state index contributed by atoms with van der Waals surface area (Å²) >= 11 is 0. The van der Waals surface area contributed by atoms with Crippen molar-refractivity contribution >= 4 is 0 Å². The lowest BCUT2D eigenvalue weighted by molar-refractivity contribution is 0.264. The van der Waals surface area contributed by atoms with Crippen molar-refractivity contribution in [2.75, 3.05) is 6.61 Å². The molecule has 0 fully saturated rings. The van der Waals surface area contributed by atoms with Gasteiger partial charge in [-0.2, -0.15) is 0 Å². The van der Waals surface area contributed by atoms with Gasteiger partial charge in [-0.05, 0) is 49.9 Å². The van der Waals surface area contributed by atoms with Crippen molar-refractivity contribution in [3.8, 4) is 11.3 Å². The molecule has 0 radical (unpaired) electrons. The largest absolute Gasteiger partial charge is 0.394 e. The molecule has 1 heterocycles. The SMILES string of the molecule is Cc1cc(C)c(C)c(-c2cnc(C(N)CO)[nH]2)c1C. The highest BCUT2D eigenvalue weighted by atomic mass is 16.3. The Morgan fingerprint density at radius 2 is 1.79 bits per heavy atom. The fraction of sp³-hybridized carbons (Fsp3) is 0.400. The number of nitrogens with two attached hydrogens (primary N) is 1. The van der Waals surface area contributed by atoms with Gasteiger partial charge in [0.25, 0.3) is 0 Å². The summed E-state index contributed by atoms with van der Waals surface area (Å²) < 4.78 is 0. The van der Waals surface area contributed by atoms with Crippen LogP contribution in [-0.2, 0) is 0 Å². The van der Waals surface area contributed by atoms with Gasteiger partial charge in [-0.1, -0.05) is 6.07 Å². The van der Waals surface area contributed by atoms with Crippen molar-refractivity contribution in [1.82, 2.24) is 9.97 Å². The van der Waals surface area contributed by atoms with Crippen LogP contribution in [0.2, 0.25) is 0 Å². The summed E-state index contributed by atoms with van der Waals surface area (Å²) in [6.45, 7) is 8.34. The van der Waals surface area contributed by atoms with Crippen LogP contribution in [-0.4, -0.2) is 21.7 Å². The molecule has 0 spiro atoms. The average Bonchev–Trinajstić information content (AvgIpc) is 2.85. The lowest BCUT2D eigenvalue weighted by atomic mass is 9.93. The predicted octanol–water partition coefficient (Wildman–Crippen LogP) is 2.30. The molecule has 0 aliphatic carbocycles. The predicted molar refractivity (Wildman–Crippen MR) is 77.0 cm³/mol. The van der Waals surface area contributed by atoms with Crippen LogP contribution >= 0.6 is 0 Å². The van der Waals surface area contributed by atoms with Crippen molar-refractivity contribution in [2.24, 2.45) is 5.73 Å². The minimum Gasteiger partial charge on any atom is -0.394 e. The van der Waals surface area contributed by atoms with Crippen LogP contribution in [0.5, 0.6) is 0 Å². The van der Waals surface area contributed by atoms with E-state index < -0.39 is 6.04 Å². The van der Waals surface area contributed by atoms with E-state index in [1.807, 2.05) is 0 Å². The highest BCUT2D eigenvalue weighted by Crippen LogP contribution is 2.30. The second-order valence-electron chi connectivity index (χ2n) is 5.11. The van der Waals surface area contributed by atoms with Crippen LogP contribution in [0.1, 0.15) is 34.1 Å². The maximum absolute atomic E-state index is 9.08. The molecule has 4 N–H and O–H groups in total. The number of aryl methyl sites for hydroxylation is 2. The number of benzene rings is 1. The molecular formula is C15H21N3O. The molecule has 102 valence electrons. The highest BCUT2D eigenvalue weighted by Gasteiger charge is 2.15. The third kappa shape index (κ3) is 2.41. The molecule has 4 heteroatoms. The fourth-order valence-corrected chi connectivity index (χ4v) is 2.36. The lowest BCUT2D eigenvalue weighted by Crippen LogP contribution is -2.15. The average molecular weight is 259 g/mol. The van der Waals surface area contributed by atoms with E-state index in [4.69, 9.17) is 10.8 Å². The summed E-state index contributed by atoms with van der Waals surface area (Å²) in [7, 11) is 0. The van der Waals surface area contributed by atoms with Gasteiger partial charge in [-0.3, -0.25) is 0 Å². The van der Waals surface area contributed by atoms with Crippen molar-refractivity contribution in [3.63, 3.8) is 0 Å². The molecule has 0 saturated carbocycles. The van der Waals surface area contributed by atoms with Crippen molar-refractivity contribution in [3.05, 3.63) is 40.3 Å². The smallest absolute Gasteiger partial charge is 0.125 e. The molecule has 2 rings (SSSR count). The Labute approximate surface area is 113 Å². The molecule has 0 bridgehead atoms. The molecule has 1 unspecified atom stereocenters. The number of rotatable bonds is 3. The van der Waals surface area contributed by atoms with E-state index in [1.54, 1.807) is 6.20 Å². The van der Waals surface area contributed by atoms with Crippen LogP contribution in [0.4, 0.5) is 0 Å². The van der Waals surface area contributed by atoms with E-state index in [1.165, 1.54) is 27.8 Å². The van der Waals surface area contributed by atoms with Gasteiger partial charge >= 0.3 is 0 Å². The Morgan fingerprint density at radius 1 is 1.21 bits per heavy atom. The number of aromatic nitrogens is 2. The quantitative estimate of drug-likeness (QED) is 0.791. The number of nitrogens with zero attached hydrogens (tertiary/aromatic N) is 1. The van der Waals surface area contributed by atoms with Gasteiger partial charge in [0.05, 0.1) is 24.5 Å². The number of aliphatic hydroxyl groups excluding tert-OH is 1. The molecular weight excluding hydrogens is 238 g/mol. The van der Waals surface area contributed by atoms with Gasteiger partial charge in [0.2, 0.25) is 0 Å². The first-order valence-electron chi connectivity index (χ1n) is 6.44. The zero-order chi connectivity index (χ0) is 14.2. The maximum atomic E-state index is 9.08. The van der Waals surface area contributed by atoms with Gasteiger partial charge in [0, 0.05) is 5.56 Å². The number of imidazole rings is 1. The van der Waals surface area contributed by atoms with Gasteiger partial charge in [-0.25, -0.2) is 4.98 Å². The van der Waals surface area contributed by atoms with Crippen molar-refractivity contribution in [2.45, 2.75) is 33.7 Å². The second kappa shape index (κ2) is 5.15. The van der Waals surface area contributed by atoms with Gasteiger partial charge in [-0.15, -0.1) is 0 Å². The minimum absolute atomic E-state index is 0.113. The van der Waals surface area contributed by atoms with Gasteiger partial charge in [0.1, 0.15) is 5.82 Å². The molecule has 0 amide bonds. The van der Waals surface area contributed by atoms with Crippen molar-refractivity contribution in [1.29, 1.82) is 0 Å². The van der Waals surface area contributed by atoms with E-state index in [0.29, 0.717) is 5.82 Å². The summed E-state index contributed by atoms with van der Waals surface area (Å²) in [5.41, 5.74) is 12.9. The fourth-order valence-electron chi connectivity index (χ4n) is 2.36. The Kier molecular flexibility index (Phi) is 3.73. The van der Waals surface area contributed by atoms with E-state index in [2.05, 4.69) is 43.7 Å². The summed E-state index contributed by atoms with van der Waals surface area (Å²) in [4.78, 5) is 7.48. The lowest BCUT2D eigenvalue weighted by Gasteiger charge is -2.14. The first kappa shape index (κ1) is 13.8. The van der Waals surface area contributed by atoms with E-state index in [9.17, 15) is 0 Å². The zero-order valence-electron chi connectivity index (χ0n) is 11.9. The highest BCUT2D eigenvalue weighted by molar-refractivity contribution is 5.70. The Bertz CT molecular complexity index is 575. The standard InChI is InChI=1S/C15H21N3O/c1-8-5-9(2)11(4)14(10(8)3)13-6-17-15(18-13)12(16)7-19/h5-6,12,19H,7,16H2,1-4H3,(H,17,18). The number of hydrogen-bond acceptors (Lipinski definition) is 3. The van der Waals surface area contributed by atoms with Crippen LogP contribution in [0.25, 0.3) is 11.3 Å². The van der Waals surface area contributed by atoms with Crippen LogP contribution in [0.3, 0.4) is 0 Å².